The van der Waals surface area contributed by atoms with Gasteiger partial charge in [0.2, 0.25) is 0 Å². The van der Waals surface area contributed by atoms with Crippen LogP contribution < -0.4 is 0 Å². The minimum Gasteiger partial charge on any atom is -0.0891 e. The van der Waals surface area contributed by atoms with Crippen LogP contribution >= 0.6 is 15.9 Å². The van der Waals surface area contributed by atoms with Crippen molar-refractivity contribution in [1.29, 1.82) is 0 Å². The van der Waals surface area contributed by atoms with Gasteiger partial charge in [-0.1, -0.05) is 69.8 Å². The van der Waals surface area contributed by atoms with E-state index in [9.17, 15) is 0 Å². The number of hydrogen-bond acceptors (Lipinski definition) is 0. The van der Waals surface area contributed by atoms with Crippen LogP contribution in [0.2, 0.25) is 0 Å². The van der Waals surface area contributed by atoms with E-state index >= 15 is 0 Å². The summed E-state index contributed by atoms with van der Waals surface area (Å²) in [6.07, 6.45) is 18.0. The summed E-state index contributed by atoms with van der Waals surface area (Å²) in [4.78, 5) is 0.804. The van der Waals surface area contributed by atoms with Crippen molar-refractivity contribution in [3.63, 3.8) is 0 Å². The quantitative estimate of drug-likeness (QED) is 0.366. The van der Waals surface area contributed by atoms with Gasteiger partial charge in [-0.25, -0.2) is 0 Å². The summed E-state index contributed by atoms with van der Waals surface area (Å²) < 4.78 is 0. The average molecular weight is 452 g/mol. The Hall–Kier alpha value is 0.480. The van der Waals surface area contributed by atoms with Crippen molar-refractivity contribution in [1.82, 2.24) is 0 Å². The fourth-order valence-corrected chi connectivity index (χ4v) is 9.91. The molecule has 1 heteroatoms. The molecule has 0 radical (unpaired) electrons. The Morgan fingerprint density at radius 2 is 1.54 bits per heavy atom. The summed E-state index contributed by atoms with van der Waals surface area (Å²) >= 11 is 3.97. The Morgan fingerprint density at radius 3 is 2.29 bits per heavy atom. The number of halogens is 1. The van der Waals surface area contributed by atoms with E-state index in [1.54, 1.807) is 19.3 Å². The lowest BCUT2D eigenvalue weighted by Gasteiger charge is -2.61. The minimum absolute atomic E-state index is 0.661. The first kappa shape index (κ1) is 21.7. The van der Waals surface area contributed by atoms with E-state index in [0.717, 1.165) is 46.3 Å². The molecular formula is C27H47Br. The van der Waals surface area contributed by atoms with Crippen LogP contribution in [0.3, 0.4) is 0 Å². The number of alkyl halides is 1. The van der Waals surface area contributed by atoms with Gasteiger partial charge in [-0.3, -0.25) is 0 Å². The second-order valence-electron chi connectivity index (χ2n) is 12.6. The lowest BCUT2D eigenvalue weighted by Crippen LogP contribution is -2.53. The molecule has 0 N–H and O–H groups in total. The third-order valence-electron chi connectivity index (χ3n) is 10.8. The SMILES string of the molecule is CC(C)CCCC(C)C1CCC2C3CCC4CC(Br)CCC4(C)C3CCC12C. The van der Waals surface area contributed by atoms with Gasteiger partial charge in [0.1, 0.15) is 0 Å². The molecule has 4 fully saturated rings. The molecular weight excluding hydrogens is 404 g/mol. The van der Waals surface area contributed by atoms with Crippen LogP contribution in [0.15, 0.2) is 0 Å². The monoisotopic (exact) mass is 450 g/mol. The van der Waals surface area contributed by atoms with Gasteiger partial charge >= 0.3 is 0 Å². The molecule has 4 saturated carbocycles. The van der Waals surface area contributed by atoms with Crippen LogP contribution in [0, 0.1) is 52.3 Å². The maximum atomic E-state index is 3.97. The molecule has 4 aliphatic carbocycles. The van der Waals surface area contributed by atoms with Crippen LogP contribution in [0.1, 0.15) is 112 Å². The first-order valence-corrected chi connectivity index (χ1v) is 13.8. The standard InChI is InChI=1S/C27H47Br/c1-18(2)7-6-8-19(3)23-11-12-24-22-10-9-20-17-21(28)13-15-26(20,4)25(22)14-16-27(23,24)5/h18-25H,6-17H2,1-5H3. The fourth-order valence-electron chi connectivity index (χ4n) is 9.23. The molecule has 0 aromatic rings. The van der Waals surface area contributed by atoms with E-state index in [1.807, 2.05) is 0 Å². The maximum Gasteiger partial charge on any atom is 0.0148 e. The van der Waals surface area contributed by atoms with Gasteiger partial charge in [-0.2, -0.15) is 0 Å². The first-order valence-electron chi connectivity index (χ1n) is 12.9. The van der Waals surface area contributed by atoms with Gasteiger partial charge in [-0.15, -0.1) is 0 Å². The van der Waals surface area contributed by atoms with E-state index in [0.29, 0.717) is 10.8 Å². The number of rotatable bonds is 5. The van der Waals surface area contributed by atoms with Crippen LogP contribution in [0.25, 0.3) is 0 Å². The molecule has 9 unspecified atom stereocenters. The summed E-state index contributed by atoms with van der Waals surface area (Å²) in [6.45, 7) is 12.9. The largest absolute Gasteiger partial charge is 0.0891 e. The third-order valence-corrected chi connectivity index (χ3v) is 11.6. The molecule has 0 aromatic carbocycles. The predicted molar refractivity (Wildman–Crippen MR) is 126 cm³/mol. The highest BCUT2D eigenvalue weighted by Crippen LogP contribution is 2.68. The Labute approximate surface area is 184 Å². The van der Waals surface area contributed by atoms with Crippen molar-refractivity contribution in [3.8, 4) is 0 Å². The molecule has 0 aliphatic heterocycles. The lowest BCUT2D eigenvalue weighted by atomic mass is 9.44. The highest BCUT2D eigenvalue weighted by molar-refractivity contribution is 9.09. The van der Waals surface area contributed by atoms with Crippen molar-refractivity contribution < 1.29 is 0 Å². The average Bonchev–Trinajstić information content (AvgIpc) is 2.99. The topological polar surface area (TPSA) is 0 Å². The van der Waals surface area contributed by atoms with Crippen molar-refractivity contribution in [2.24, 2.45) is 52.3 Å². The molecule has 0 heterocycles. The first-order chi connectivity index (χ1) is 13.3. The van der Waals surface area contributed by atoms with E-state index in [-0.39, 0.29) is 0 Å². The summed E-state index contributed by atoms with van der Waals surface area (Å²) in [5.74, 6) is 6.97. The van der Waals surface area contributed by atoms with Gasteiger partial charge in [-0.05, 0) is 110 Å². The van der Waals surface area contributed by atoms with Crippen LogP contribution in [-0.4, -0.2) is 4.83 Å². The van der Waals surface area contributed by atoms with Crippen molar-refractivity contribution >= 4 is 15.9 Å². The van der Waals surface area contributed by atoms with Gasteiger partial charge < -0.3 is 0 Å². The summed E-state index contributed by atoms with van der Waals surface area (Å²) in [7, 11) is 0. The van der Waals surface area contributed by atoms with Gasteiger partial charge in [0, 0.05) is 4.83 Å². The van der Waals surface area contributed by atoms with E-state index < -0.39 is 0 Å². The summed E-state index contributed by atoms with van der Waals surface area (Å²) in [5.41, 5.74) is 1.32. The van der Waals surface area contributed by atoms with Crippen LogP contribution in [-0.2, 0) is 0 Å². The Morgan fingerprint density at radius 1 is 0.821 bits per heavy atom. The molecule has 4 rings (SSSR count). The molecule has 0 spiro atoms. The molecule has 0 amide bonds. The smallest absolute Gasteiger partial charge is 0.0148 e. The molecule has 9 atom stereocenters. The third kappa shape index (κ3) is 3.67. The molecule has 0 aromatic heterocycles. The zero-order chi connectivity index (χ0) is 20.1. The highest BCUT2D eigenvalue weighted by atomic mass is 79.9. The van der Waals surface area contributed by atoms with Crippen molar-refractivity contribution in [2.45, 2.75) is 116 Å². The van der Waals surface area contributed by atoms with Gasteiger partial charge in [0.25, 0.3) is 0 Å². The van der Waals surface area contributed by atoms with E-state index in [4.69, 9.17) is 0 Å². The Balaban J connectivity index is 1.46. The Bertz CT molecular complexity index is 540. The summed E-state index contributed by atoms with van der Waals surface area (Å²) in [6, 6.07) is 0. The predicted octanol–water partition coefficient (Wildman–Crippen LogP) is 8.87. The fraction of sp³-hybridized carbons (Fsp3) is 1.00. The molecule has 0 nitrogen and oxygen atoms in total. The second kappa shape index (κ2) is 8.20. The van der Waals surface area contributed by atoms with Gasteiger partial charge in [0.05, 0.1) is 0 Å². The normalized spacial score (nSPS) is 49.4. The molecule has 0 bridgehead atoms. The van der Waals surface area contributed by atoms with Crippen molar-refractivity contribution in [3.05, 3.63) is 0 Å². The lowest BCUT2D eigenvalue weighted by molar-refractivity contribution is -0.113. The minimum atomic E-state index is 0.661. The van der Waals surface area contributed by atoms with E-state index in [1.165, 1.54) is 57.8 Å². The molecule has 28 heavy (non-hydrogen) atoms. The zero-order valence-corrected chi connectivity index (χ0v) is 21.1. The Kier molecular flexibility index (Phi) is 6.35. The van der Waals surface area contributed by atoms with Crippen LogP contribution in [0.5, 0.6) is 0 Å². The van der Waals surface area contributed by atoms with Gasteiger partial charge in [0.15, 0.2) is 0 Å². The number of fused-ring (bicyclic) bond motifs is 5. The summed E-state index contributed by atoms with van der Waals surface area (Å²) in [5, 5.41) is 0. The number of hydrogen-bond donors (Lipinski definition) is 0. The van der Waals surface area contributed by atoms with Crippen molar-refractivity contribution in [2.75, 3.05) is 0 Å². The zero-order valence-electron chi connectivity index (χ0n) is 19.5. The molecule has 4 aliphatic rings. The van der Waals surface area contributed by atoms with Crippen LogP contribution in [0.4, 0.5) is 0 Å². The maximum absolute atomic E-state index is 3.97. The molecule has 162 valence electrons. The highest BCUT2D eigenvalue weighted by Gasteiger charge is 2.60. The second-order valence-corrected chi connectivity index (χ2v) is 13.9. The molecule has 0 saturated heterocycles. The van der Waals surface area contributed by atoms with E-state index in [2.05, 4.69) is 50.5 Å².